The molecule has 0 aliphatic heterocycles. The van der Waals surface area contributed by atoms with Crippen LogP contribution in [0.5, 0.6) is 11.5 Å². The van der Waals surface area contributed by atoms with Crippen molar-refractivity contribution in [3.05, 3.63) is 21.5 Å². The molecular formula is C7H6FIO2. The fourth-order valence-corrected chi connectivity index (χ4v) is 1.13. The third-order valence-electron chi connectivity index (χ3n) is 1.22. The van der Waals surface area contributed by atoms with Gasteiger partial charge in [0.15, 0.2) is 11.5 Å². The van der Waals surface area contributed by atoms with E-state index in [4.69, 9.17) is 5.11 Å². The van der Waals surface area contributed by atoms with Crippen molar-refractivity contribution >= 4 is 22.6 Å². The highest BCUT2D eigenvalue weighted by Gasteiger charge is 2.06. The first-order valence-corrected chi connectivity index (χ1v) is 3.95. The number of hydrogen-bond donors (Lipinski definition) is 1. The van der Waals surface area contributed by atoms with Gasteiger partial charge in [-0.05, 0) is 22.6 Å². The topological polar surface area (TPSA) is 29.5 Å². The number of halogens is 2. The first-order valence-electron chi connectivity index (χ1n) is 2.87. The number of hydrogen-bond acceptors (Lipinski definition) is 2. The summed E-state index contributed by atoms with van der Waals surface area (Å²) in [6.07, 6.45) is 0. The third kappa shape index (κ3) is 1.74. The second kappa shape index (κ2) is 3.25. The molecule has 0 atom stereocenters. The van der Waals surface area contributed by atoms with Crippen LogP contribution in [0.2, 0.25) is 0 Å². The normalized spacial score (nSPS) is 9.73. The predicted octanol–water partition coefficient (Wildman–Crippen LogP) is 2.14. The van der Waals surface area contributed by atoms with Gasteiger partial charge in [-0.3, -0.25) is 0 Å². The van der Waals surface area contributed by atoms with Crippen molar-refractivity contribution in [2.75, 3.05) is 7.11 Å². The van der Waals surface area contributed by atoms with E-state index in [-0.39, 0.29) is 17.3 Å². The summed E-state index contributed by atoms with van der Waals surface area (Å²) in [6.45, 7) is 0. The molecule has 1 rings (SSSR count). The van der Waals surface area contributed by atoms with Crippen LogP contribution in [0.1, 0.15) is 0 Å². The fourth-order valence-electron chi connectivity index (χ4n) is 0.682. The van der Waals surface area contributed by atoms with Gasteiger partial charge in [-0.25, -0.2) is 4.39 Å². The number of methoxy groups -OCH3 is 1. The Bertz CT molecular complexity index is 275. The molecule has 0 aliphatic carbocycles. The molecule has 60 valence electrons. The molecule has 0 radical (unpaired) electrons. The molecule has 0 unspecified atom stereocenters. The van der Waals surface area contributed by atoms with Crippen molar-refractivity contribution in [3.63, 3.8) is 0 Å². The summed E-state index contributed by atoms with van der Waals surface area (Å²) in [5.41, 5.74) is 0. The number of benzene rings is 1. The standard InChI is InChI=1S/C7H6FIO2/c1-11-7-2-4(8)5(9)3-6(7)10/h2-3,10H,1H3. The van der Waals surface area contributed by atoms with Crippen LogP contribution in [-0.4, -0.2) is 12.2 Å². The molecular weight excluding hydrogens is 262 g/mol. The zero-order valence-electron chi connectivity index (χ0n) is 5.77. The molecule has 11 heavy (non-hydrogen) atoms. The minimum atomic E-state index is -0.389. The summed E-state index contributed by atoms with van der Waals surface area (Å²) in [6, 6.07) is 2.46. The van der Waals surface area contributed by atoms with Crippen molar-refractivity contribution < 1.29 is 14.2 Å². The average Bonchev–Trinajstić information content (AvgIpc) is 1.97. The third-order valence-corrected chi connectivity index (χ3v) is 2.05. The van der Waals surface area contributed by atoms with Gasteiger partial charge in [0.05, 0.1) is 10.7 Å². The molecule has 0 spiro atoms. The Hall–Kier alpha value is -0.520. The van der Waals surface area contributed by atoms with E-state index < -0.39 is 0 Å². The Kier molecular flexibility index (Phi) is 2.53. The molecule has 0 saturated carbocycles. The Balaban J connectivity index is 3.21. The van der Waals surface area contributed by atoms with Crippen molar-refractivity contribution in [3.8, 4) is 11.5 Å². The number of ether oxygens (including phenoxy) is 1. The zero-order chi connectivity index (χ0) is 8.43. The zero-order valence-corrected chi connectivity index (χ0v) is 7.92. The smallest absolute Gasteiger partial charge is 0.163 e. The molecule has 0 saturated heterocycles. The number of aromatic hydroxyl groups is 1. The van der Waals surface area contributed by atoms with Gasteiger partial charge < -0.3 is 9.84 Å². The number of phenolic OH excluding ortho intramolecular Hbond substituents is 1. The number of rotatable bonds is 1. The molecule has 2 nitrogen and oxygen atoms in total. The minimum absolute atomic E-state index is 0.0432. The molecule has 0 bridgehead atoms. The molecule has 4 heteroatoms. The van der Waals surface area contributed by atoms with Crippen molar-refractivity contribution in [1.82, 2.24) is 0 Å². The molecule has 0 amide bonds. The lowest BCUT2D eigenvalue weighted by atomic mass is 10.3. The summed E-state index contributed by atoms with van der Waals surface area (Å²) in [5.74, 6) is -0.276. The van der Waals surface area contributed by atoms with Crippen LogP contribution in [-0.2, 0) is 0 Å². The van der Waals surface area contributed by atoms with Gasteiger partial charge >= 0.3 is 0 Å². The van der Waals surface area contributed by atoms with E-state index in [0.29, 0.717) is 3.57 Å². The van der Waals surface area contributed by atoms with Gasteiger partial charge in [0.1, 0.15) is 5.82 Å². The molecule has 1 N–H and O–H groups in total. The van der Waals surface area contributed by atoms with Crippen molar-refractivity contribution in [1.29, 1.82) is 0 Å². The maximum absolute atomic E-state index is 12.7. The van der Waals surface area contributed by atoms with Gasteiger partial charge in [0, 0.05) is 12.1 Å². The lowest BCUT2D eigenvalue weighted by Crippen LogP contribution is -1.87. The maximum atomic E-state index is 12.7. The molecule has 1 aromatic rings. The van der Waals surface area contributed by atoms with Crippen LogP contribution in [0.4, 0.5) is 4.39 Å². The van der Waals surface area contributed by atoms with E-state index in [9.17, 15) is 4.39 Å². The van der Waals surface area contributed by atoms with Gasteiger partial charge in [0.25, 0.3) is 0 Å². The highest BCUT2D eigenvalue weighted by atomic mass is 127. The van der Waals surface area contributed by atoms with E-state index in [0.717, 1.165) is 6.07 Å². The Morgan fingerprint density at radius 2 is 2.18 bits per heavy atom. The van der Waals surface area contributed by atoms with Crippen LogP contribution in [0.25, 0.3) is 0 Å². The molecule has 0 aromatic heterocycles. The van der Waals surface area contributed by atoms with Crippen molar-refractivity contribution in [2.24, 2.45) is 0 Å². The van der Waals surface area contributed by atoms with Crippen LogP contribution in [0, 0.1) is 9.39 Å². The number of phenols is 1. The summed E-state index contributed by atoms with van der Waals surface area (Å²) in [4.78, 5) is 0. The first-order chi connectivity index (χ1) is 5.15. The van der Waals surface area contributed by atoms with E-state index >= 15 is 0 Å². The van der Waals surface area contributed by atoms with Crippen LogP contribution >= 0.6 is 22.6 Å². The van der Waals surface area contributed by atoms with Gasteiger partial charge in [0.2, 0.25) is 0 Å². The van der Waals surface area contributed by atoms with Crippen molar-refractivity contribution in [2.45, 2.75) is 0 Å². The molecule has 0 aliphatic rings. The van der Waals surface area contributed by atoms with Crippen LogP contribution < -0.4 is 4.74 Å². The fraction of sp³-hybridized carbons (Fsp3) is 0.143. The summed E-state index contributed by atoms with van der Waals surface area (Å²) >= 11 is 1.79. The maximum Gasteiger partial charge on any atom is 0.163 e. The van der Waals surface area contributed by atoms with E-state index in [1.807, 2.05) is 0 Å². The summed E-state index contributed by atoms with van der Waals surface area (Å²) < 4.78 is 17.8. The lowest BCUT2D eigenvalue weighted by Gasteiger charge is -2.03. The highest BCUT2D eigenvalue weighted by molar-refractivity contribution is 14.1. The van der Waals surface area contributed by atoms with Gasteiger partial charge in [-0.2, -0.15) is 0 Å². The molecule has 0 heterocycles. The lowest BCUT2D eigenvalue weighted by molar-refractivity contribution is 0.369. The van der Waals surface area contributed by atoms with Crippen LogP contribution in [0.3, 0.4) is 0 Å². The monoisotopic (exact) mass is 268 g/mol. The predicted molar refractivity (Wildman–Crippen MR) is 47.3 cm³/mol. The molecule has 1 aromatic carbocycles. The summed E-state index contributed by atoms with van der Waals surface area (Å²) in [7, 11) is 1.38. The second-order valence-electron chi connectivity index (χ2n) is 1.94. The highest BCUT2D eigenvalue weighted by Crippen LogP contribution is 2.28. The van der Waals surface area contributed by atoms with Crippen LogP contribution in [0.15, 0.2) is 12.1 Å². The van der Waals surface area contributed by atoms with E-state index in [1.165, 1.54) is 13.2 Å². The Morgan fingerprint density at radius 1 is 1.55 bits per heavy atom. The minimum Gasteiger partial charge on any atom is -0.504 e. The van der Waals surface area contributed by atoms with Gasteiger partial charge in [-0.15, -0.1) is 0 Å². The average molecular weight is 268 g/mol. The summed E-state index contributed by atoms with van der Waals surface area (Å²) in [5, 5.41) is 9.12. The Labute approximate surface area is 77.1 Å². The van der Waals surface area contributed by atoms with E-state index in [1.54, 1.807) is 22.6 Å². The SMILES string of the molecule is COc1cc(F)c(I)cc1O. The first kappa shape index (κ1) is 8.58. The largest absolute Gasteiger partial charge is 0.504 e. The quantitative estimate of drug-likeness (QED) is 0.791. The van der Waals surface area contributed by atoms with Gasteiger partial charge in [-0.1, -0.05) is 0 Å². The second-order valence-corrected chi connectivity index (χ2v) is 3.10. The van der Waals surface area contributed by atoms with E-state index in [2.05, 4.69) is 4.74 Å². The Morgan fingerprint density at radius 3 is 2.73 bits per heavy atom. The molecule has 0 fully saturated rings.